The van der Waals surface area contributed by atoms with Crippen molar-refractivity contribution in [1.82, 2.24) is 5.32 Å². The van der Waals surface area contributed by atoms with Crippen molar-refractivity contribution in [2.24, 2.45) is 0 Å². The van der Waals surface area contributed by atoms with Gasteiger partial charge in [-0.2, -0.15) is 0 Å². The normalized spacial score (nSPS) is 15.9. The van der Waals surface area contributed by atoms with E-state index in [2.05, 4.69) is 5.32 Å². The fraction of sp³-hybridized carbons (Fsp3) is 0.471. The molecule has 1 aromatic rings. The Bertz CT molecular complexity index is 531. The van der Waals surface area contributed by atoms with Crippen molar-refractivity contribution in [3.63, 3.8) is 0 Å². The van der Waals surface area contributed by atoms with E-state index in [1.165, 1.54) is 12.8 Å². The first-order valence-corrected chi connectivity index (χ1v) is 7.35. The molecule has 1 aliphatic carbocycles. The van der Waals surface area contributed by atoms with Gasteiger partial charge in [0.1, 0.15) is 11.5 Å². The Balaban J connectivity index is 2.12. The van der Waals surface area contributed by atoms with Gasteiger partial charge in [0.25, 0.3) is 0 Å². The van der Waals surface area contributed by atoms with Crippen LogP contribution in [0.3, 0.4) is 0 Å². The molecular formula is C17H23NO3. The highest BCUT2D eigenvalue weighted by Crippen LogP contribution is 2.29. The summed E-state index contributed by atoms with van der Waals surface area (Å²) in [6.45, 7) is 1.92. The summed E-state index contributed by atoms with van der Waals surface area (Å²) in [4.78, 5) is 12.1. The number of carbonyl (C=O) groups is 1. The summed E-state index contributed by atoms with van der Waals surface area (Å²) in [7, 11) is 3.23. The van der Waals surface area contributed by atoms with E-state index in [4.69, 9.17) is 9.47 Å². The van der Waals surface area contributed by atoms with Crippen LogP contribution in [0, 0.1) is 0 Å². The van der Waals surface area contributed by atoms with Crippen LogP contribution < -0.4 is 14.8 Å². The third kappa shape index (κ3) is 4.00. The van der Waals surface area contributed by atoms with Crippen LogP contribution in [0.2, 0.25) is 0 Å². The summed E-state index contributed by atoms with van der Waals surface area (Å²) >= 11 is 0. The Morgan fingerprint density at radius 1 is 1.24 bits per heavy atom. The Morgan fingerprint density at radius 2 is 1.95 bits per heavy atom. The number of hydrogen-bond donors (Lipinski definition) is 1. The maximum absolute atomic E-state index is 12.1. The van der Waals surface area contributed by atoms with Gasteiger partial charge in [-0.15, -0.1) is 0 Å². The molecule has 4 heteroatoms. The first-order valence-electron chi connectivity index (χ1n) is 7.35. The minimum Gasteiger partial charge on any atom is -0.497 e. The Labute approximate surface area is 126 Å². The molecule has 1 aromatic carbocycles. The number of nitrogens with one attached hydrogen (secondary N) is 1. The predicted molar refractivity (Wildman–Crippen MR) is 83.6 cm³/mol. The zero-order valence-corrected chi connectivity index (χ0v) is 12.9. The highest BCUT2D eigenvalue weighted by Gasteiger charge is 2.16. The standard InChI is InChI=1S/C17H23NO3/c1-12(10-17(19)18-13-6-4-5-7-13)15-9-8-14(20-2)11-16(15)21-3/h8-11,13H,4-7H2,1-3H3,(H,18,19)/b12-10+. The number of allylic oxidation sites excluding steroid dienone is 1. The van der Waals surface area contributed by atoms with Gasteiger partial charge < -0.3 is 14.8 Å². The van der Waals surface area contributed by atoms with Crippen molar-refractivity contribution in [1.29, 1.82) is 0 Å². The lowest BCUT2D eigenvalue weighted by Crippen LogP contribution is -2.31. The van der Waals surface area contributed by atoms with Crippen molar-refractivity contribution in [3.05, 3.63) is 29.8 Å². The highest BCUT2D eigenvalue weighted by atomic mass is 16.5. The molecule has 2 rings (SSSR count). The van der Waals surface area contributed by atoms with Crippen molar-refractivity contribution in [2.75, 3.05) is 14.2 Å². The molecule has 0 bridgehead atoms. The third-order valence-electron chi connectivity index (χ3n) is 3.88. The molecule has 0 radical (unpaired) electrons. The van der Waals surface area contributed by atoms with Gasteiger partial charge in [-0.25, -0.2) is 0 Å². The number of hydrogen-bond acceptors (Lipinski definition) is 3. The lowest BCUT2D eigenvalue weighted by Gasteiger charge is -2.12. The maximum Gasteiger partial charge on any atom is 0.244 e. The molecule has 1 saturated carbocycles. The number of benzene rings is 1. The fourth-order valence-corrected chi connectivity index (χ4v) is 2.71. The zero-order chi connectivity index (χ0) is 15.2. The van der Waals surface area contributed by atoms with E-state index in [0.29, 0.717) is 11.8 Å². The monoisotopic (exact) mass is 289 g/mol. The molecule has 1 amide bonds. The smallest absolute Gasteiger partial charge is 0.244 e. The number of ether oxygens (including phenoxy) is 2. The average molecular weight is 289 g/mol. The molecular weight excluding hydrogens is 266 g/mol. The molecule has 1 aliphatic rings. The van der Waals surface area contributed by atoms with Gasteiger partial charge in [0.05, 0.1) is 14.2 Å². The molecule has 21 heavy (non-hydrogen) atoms. The summed E-state index contributed by atoms with van der Waals surface area (Å²) in [5.74, 6) is 1.41. The summed E-state index contributed by atoms with van der Waals surface area (Å²) in [5.41, 5.74) is 1.78. The van der Waals surface area contributed by atoms with E-state index in [-0.39, 0.29) is 5.91 Å². The Hall–Kier alpha value is -1.97. The van der Waals surface area contributed by atoms with Crippen LogP contribution in [-0.2, 0) is 4.79 Å². The number of amides is 1. The van der Waals surface area contributed by atoms with Crippen LogP contribution >= 0.6 is 0 Å². The third-order valence-corrected chi connectivity index (χ3v) is 3.88. The molecule has 0 unspecified atom stereocenters. The minimum absolute atomic E-state index is 0.0303. The van der Waals surface area contributed by atoms with Crippen LogP contribution in [-0.4, -0.2) is 26.2 Å². The summed E-state index contributed by atoms with van der Waals surface area (Å²) in [6, 6.07) is 5.93. The summed E-state index contributed by atoms with van der Waals surface area (Å²) in [6.07, 6.45) is 6.23. The Kier molecular flexibility index (Phi) is 5.26. The van der Waals surface area contributed by atoms with Gasteiger partial charge in [-0.05, 0) is 37.5 Å². The molecule has 114 valence electrons. The SMILES string of the molecule is COc1ccc(/C(C)=C/C(=O)NC2CCCC2)c(OC)c1. The maximum atomic E-state index is 12.1. The summed E-state index contributed by atoms with van der Waals surface area (Å²) in [5, 5.41) is 3.06. The second kappa shape index (κ2) is 7.16. The fourth-order valence-electron chi connectivity index (χ4n) is 2.71. The van der Waals surface area contributed by atoms with Crippen molar-refractivity contribution < 1.29 is 14.3 Å². The number of rotatable bonds is 5. The van der Waals surface area contributed by atoms with Gasteiger partial charge in [0, 0.05) is 23.7 Å². The quantitative estimate of drug-likeness (QED) is 0.847. The van der Waals surface area contributed by atoms with Crippen molar-refractivity contribution in [2.45, 2.75) is 38.6 Å². The lowest BCUT2D eigenvalue weighted by atomic mass is 10.1. The molecule has 0 heterocycles. The van der Waals surface area contributed by atoms with Gasteiger partial charge in [-0.3, -0.25) is 4.79 Å². The van der Waals surface area contributed by atoms with E-state index in [1.807, 2.05) is 25.1 Å². The molecule has 4 nitrogen and oxygen atoms in total. The Morgan fingerprint density at radius 3 is 2.57 bits per heavy atom. The molecule has 0 spiro atoms. The second-order valence-electron chi connectivity index (χ2n) is 5.38. The van der Waals surface area contributed by atoms with E-state index >= 15 is 0 Å². The first kappa shape index (κ1) is 15.4. The number of methoxy groups -OCH3 is 2. The zero-order valence-electron chi connectivity index (χ0n) is 12.9. The molecule has 0 saturated heterocycles. The van der Waals surface area contributed by atoms with Crippen molar-refractivity contribution >= 4 is 11.5 Å². The average Bonchev–Trinajstić information content (AvgIpc) is 2.99. The lowest BCUT2D eigenvalue weighted by molar-refractivity contribution is -0.117. The molecule has 1 N–H and O–H groups in total. The largest absolute Gasteiger partial charge is 0.497 e. The van der Waals surface area contributed by atoms with Crippen LogP contribution in [0.5, 0.6) is 11.5 Å². The van der Waals surface area contributed by atoms with Gasteiger partial charge in [0.15, 0.2) is 0 Å². The highest BCUT2D eigenvalue weighted by molar-refractivity contribution is 5.95. The minimum atomic E-state index is -0.0303. The summed E-state index contributed by atoms with van der Waals surface area (Å²) < 4.78 is 10.6. The van der Waals surface area contributed by atoms with Crippen LogP contribution in [0.4, 0.5) is 0 Å². The molecule has 0 atom stereocenters. The van der Waals surface area contributed by atoms with E-state index in [0.717, 1.165) is 29.7 Å². The first-order chi connectivity index (χ1) is 10.1. The van der Waals surface area contributed by atoms with Crippen LogP contribution in [0.15, 0.2) is 24.3 Å². The van der Waals surface area contributed by atoms with Gasteiger partial charge in [-0.1, -0.05) is 12.8 Å². The van der Waals surface area contributed by atoms with E-state index in [1.54, 1.807) is 20.3 Å². The second-order valence-corrected chi connectivity index (χ2v) is 5.38. The predicted octanol–water partition coefficient (Wildman–Crippen LogP) is 3.17. The van der Waals surface area contributed by atoms with Crippen LogP contribution in [0.25, 0.3) is 5.57 Å². The van der Waals surface area contributed by atoms with Crippen molar-refractivity contribution in [3.8, 4) is 11.5 Å². The van der Waals surface area contributed by atoms with Crippen LogP contribution in [0.1, 0.15) is 38.2 Å². The number of carbonyl (C=O) groups excluding carboxylic acids is 1. The van der Waals surface area contributed by atoms with Gasteiger partial charge >= 0.3 is 0 Å². The van der Waals surface area contributed by atoms with Gasteiger partial charge in [0.2, 0.25) is 5.91 Å². The molecule has 1 fully saturated rings. The molecule has 0 aliphatic heterocycles. The topological polar surface area (TPSA) is 47.6 Å². The van der Waals surface area contributed by atoms with E-state index < -0.39 is 0 Å². The van der Waals surface area contributed by atoms with E-state index in [9.17, 15) is 4.79 Å². The molecule has 0 aromatic heterocycles.